The van der Waals surface area contributed by atoms with E-state index >= 15 is 0 Å². The van der Waals surface area contributed by atoms with Crippen LogP contribution < -0.4 is 9.80 Å². The molecule has 0 fully saturated rings. The standard InChI is InChI=1S/C21H24ClN3O/c1-14-17-13-16(22)12-15-8-11-24(21(15)17)18-6-4-5-7-19(18)25(14)20(26)9-10-23(2)3/h4-7,12-14H,8-11H2,1-3H3. The number of carbonyl (C=O) groups excluding carboxylic acids is 1. The molecule has 1 unspecified atom stereocenters. The molecular formula is C21H24ClN3O. The molecule has 0 radical (unpaired) electrons. The highest BCUT2D eigenvalue weighted by molar-refractivity contribution is 6.31. The van der Waals surface area contributed by atoms with Gasteiger partial charge in [0.1, 0.15) is 0 Å². The van der Waals surface area contributed by atoms with Crippen molar-refractivity contribution in [1.82, 2.24) is 4.90 Å². The summed E-state index contributed by atoms with van der Waals surface area (Å²) in [6.07, 6.45) is 1.48. The Hall–Kier alpha value is -2.04. The molecule has 2 aromatic carbocycles. The number of anilines is 3. The van der Waals surface area contributed by atoms with Gasteiger partial charge in [0.25, 0.3) is 0 Å². The number of nitrogens with zero attached hydrogens (tertiary/aromatic N) is 3. The largest absolute Gasteiger partial charge is 0.339 e. The Kier molecular flexibility index (Phi) is 4.41. The van der Waals surface area contributed by atoms with Crippen molar-refractivity contribution in [2.75, 3.05) is 37.0 Å². The van der Waals surface area contributed by atoms with Crippen LogP contribution in [0.3, 0.4) is 0 Å². The molecule has 2 aliphatic rings. The highest BCUT2D eigenvalue weighted by Gasteiger charge is 2.36. The van der Waals surface area contributed by atoms with E-state index in [9.17, 15) is 4.79 Å². The summed E-state index contributed by atoms with van der Waals surface area (Å²) >= 11 is 6.41. The molecule has 2 heterocycles. The third-order valence-corrected chi connectivity index (χ3v) is 5.59. The number of halogens is 1. The van der Waals surface area contributed by atoms with Crippen molar-refractivity contribution in [3.63, 3.8) is 0 Å². The van der Waals surface area contributed by atoms with Gasteiger partial charge in [0.2, 0.25) is 5.91 Å². The van der Waals surface area contributed by atoms with Gasteiger partial charge in [-0.3, -0.25) is 4.79 Å². The molecule has 1 atom stereocenters. The normalized spacial score (nSPS) is 18.0. The summed E-state index contributed by atoms with van der Waals surface area (Å²) in [7, 11) is 3.99. The van der Waals surface area contributed by atoms with Crippen LogP contribution in [0.2, 0.25) is 5.02 Å². The second-order valence-electron chi connectivity index (χ2n) is 7.39. The van der Waals surface area contributed by atoms with E-state index < -0.39 is 0 Å². The Morgan fingerprint density at radius 2 is 1.96 bits per heavy atom. The van der Waals surface area contributed by atoms with Crippen LogP contribution in [-0.2, 0) is 11.2 Å². The predicted molar refractivity (Wildman–Crippen MR) is 108 cm³/mol. The molecule has 136 valence electrons. The molecule has 2 aromatic rings. The van der Waals surface area contributed by atoms with Gasteiger partial charge in [-0.1, -0.05) is 23.7 Å². The summed E-state index contributed by atoms with van der Waals surface area (Å²) in [5, 5.41) is 0.749. The minimum absolute atomic E-state index is 0.0543. The molecule has 4 nitrogen and oxygen atoms in total. The van der Waals surface area contributed by atoms with E-state index in [4.69, 9.17) is 11.6 Å². The van der Waals surface area contributed by atoms with Crippen LogP contribution in [0.25, 0.3) is 0 Å². The van der Waals surface area contributed by atoms with E-state index in [0.717, 1.165) is 41.5 Å². The maximum atomic E-state index is 13.2. The van der Waals surface area contributed by atoms with Crippen molar-refractivity contribution in [1.29, 1.82) is 0 Å². The number of para-hydroxylation sites is 2. The lowest BCUT2D eigenvalue weighted by atomic mass is 10.0. The molecule has 1 amide bonds. The zero-order valence-electron chi connectivity index (χ0n) is 15.5. The molecule has 0 N–H and O–H groups in total. The topological polar surface area (TPSA) is 26.8 Å². The molecule has 5 heteroatoms. The summed E-state index contributed by atoms with van der Waals surface area (Å²) in [6.45, 7) is 3.77. The van der Waals surface area contributed by atoms with Gasteiger partial charge in [-0.15, -0.1) is 0 Å². The highest BCUT2D eigenvalue weighted by atomic mass is 35.5. The zero-order chi connectivity index (χ0) is 18.4. The van der Waals surface area contributed by atoms with Crippen LogP contribution in [0, 0.1) is 0 Å². The minimum Gasteiger partial charge on any atom is -0.339 e. The Balaban J connectivity index is 1.87. The maximum absolute atomic E-state index is 13.2. The average molecular weight is 370 g/mol. The lowest BCUT2D eigenvalue weighted by molar-refractivity contribution is -0.119. The fraction of sp³-hybridized carbons (Fsp3) is 0.381. The number of benzene rings is 2. The molecule has 0 saturated carbocycles. The first kappa shape index (κ1) is 17.4. The van der Waals surface area contributed by atoms with Crippen LogP contribution in [0.4, 0.5) is 17.1 Å². The fourth-order valence-electron chi connectivity index (χ4n) is 4.14. The third kappa shape index (κ3) is 2.78. The Bertz CT molecular complexity index is 864. The first-order chi connectivity index (χ1) is 12.5. The van der Waals surface area contributed by atoms with Crippen molar-refractivity contribution < 1.29 is 4.79 Å². The smallest absolute Gasteiger partial charge is 0.228 e. The van der Waals surface area contributed by atoms with E-state index in [1.54, 1.807) is 0 Å². The van der Waals surface area contributed by atoms with Crippen LogP contribution in [0.5, 0.6) is 0 Å². The molecule has 0 saturated heterocycles. The van der Waals surface area contributed by atoms with E-state index in [2.05, 4.69) is 30.0 Å². The molecule has 4 rings (SSSR count). The average Bonchev–Trinajstić information content (AvgIpc) is 2.99. The van der Waals surface area contributed by atoms with Crippen molar-refractivity contribution in [3.8, 4) is 0 Å². The van der Waals surface area contributed by atoms with Gasteiger partial charge in [0, 0.05) is 35.8 Å². The van der Waals surface area contributed by atoms with Gasteiger partial charge in [-0.05, 0) is 57.3 Å². The summed E-state index contributed by atoms with van der Waals surface area (Å²) < 4.78 is 0. The van der Waals surface area contributed by atoms with Crippen LogP contribution in [0.15, 0.2) is 36.4 Å². The van der Waals surface area contributed by atoms with E-state index in [1.165, 1.54) is 11.3 Å². The molecule has 0 spiro atoms. The van der Waals surface area contributed by atoms with Gasteiger partial charge in [-0.2, -0.15) is 0 Å². The zero-order valence-corrected chi connectivity index (χ0v) is 16.3. The Labute approximate surface area is 160 Å². The first-order valence-electron chi connectivity index (χ1n) is 9.13. The number of fused-ring (bicyclic) bond motifs is 2. The molecule has 0 aromatic heterocycles. The lowest BCUT2D eigenvalue weighted by Gasteiger charge is -2.30. The SMILES string of the molecule is CC1c2cc(Cl)cc3c2N(CC3)c2ccccc2N1C(=O)CCN(C)C. The predicted octanol–water partition coefficient (Wildman–Crippen LogP) is 4.39. The van der Waals surface area contributed by atoms with Crippen molar-refractivity contribution in [2.45, 2.75) is 25.8 Å². The van der Waals surface area contributed by atoms with Crippen molar-refractivity contribution in [2.24, 2.45) is 0 Å². The summed E-state index contributed by atoms with van der Waals surface area (Å²) in [6, 6.07) is 12.3. The molecule has 0 aliphatic carbocycles. The second kappa shape index (κ2) is 6.60. The Morgan fingerprint density at radius 1 is 1.23 bits per heavy atom. The summed E-state index contributed by atoms with van der Waals surface area (Å²) in [5.74, 6) is 0.147. The molecule has 26 heavy (non-hydrogen) atoms. The van der Waals surface area contributed by atoms with Crippen LogP contribution >= 0.6 is 11.6 Å². The summed E-state index contributed by atoms with van der Waals surface area (Å²) in [4.78, 5) is 19.5. The van der Waals surface area contributed by atoms with Crippen LogP contribution in [-0.4, -0.2) is 38.0 Å². The van der Waals surface area contributed by atoms with Crippen molar-refractivity contribution >= 4 is 34.6 Å². The van der Waals surface area contributed by atoms with E-state index in [-0.39, 0.29) is 11.9 Å². The summed E-state index contributed by atoms with van der Waals surface area (Å²) in [5.41, 5.74) is 5.75. The van der Waals surface area contributed by atoms with E-state index in [1.807, 2.05) is 42.1 Å². The number of rotatable bonds is 3. The second-order valence-corrected chi connectivity index (χ2v) is 7.82. The van der Waals surface area contributed by atoms with Crippen LogP contribution in [0.1, 0.15) is 30.5 Å². The first-order valence-corrected chi connectivity index (χ1v) is 9.51. The maximum Gasteiger partial charge on any atom is 0.228 e. The van der Waals surface area contributed by atoms with Gasteiger partial charge >= 0.3 is 0 Å². The Morgan fingerprint density at radius 3 is 2.69 bits per heavy atom. The van der Waals surface area contributed by atoms with Crippen molar-refractivity contribution in [3.05, 3.63) is 52.5 Å². The van der Waals surface area contributed by atoms with Gasteiger partial charge in [0.15, 0.2) is 0 Å². The minimum atomic E-state index is -0.0543. The van der Waals surface area contributed by atoms with E-state index in [0.29, 0.717) is 6.42 Å². The van der Waals surface area contributed by atoms with Gasteiger partial charge < -0.3 is 14.7 Å². The number of hydrogen-bond donors (Lipinski definition) is 0. The molecule has 0 bridgehead atoms. The monoisotopic (exact) mass is 369 g/mol. The number of carbonyl (C=O) groups is 1. The fourth-order valence-corrected chi connectivity index (χ4v) is 4.39. The lowest BCUT2D eigenvalue weighted by Crippen LogP contribution is -2.35. The molecule has 2 aliphatic heterocycles. The molecular weight excluding hydrogens is 346 g/mol. The quantitative estimate of drug-likeness (QED) is 0.802. The highest BCUT2D eigenvalue weighted by Crippen LogP contribution is 2.50. The van der Waals surface area contributed by atoms with Gasteiger partial charge in [0.05, 0.1) is 17.4 Å². The number of hydrogen-bond acceptors (Lipinski definition) is 3. The third-order valence-electron chi connectivity index (χ3n) is 5.37. The number of amides is 1. The van der Waals surface area contributed by atoms with Gasteiger partial charge in [-0.25, -0.2) is 0 Å².